The van der Waals surface area contributed by atoms with E-state index >= 15 is 0 Å². The third-order valence-electron chi connectivity index (χ3n) is 8.20. The molecule has 1 heteroatoms. The second kappa shape index (κ2) is 8.18. The lowest BCUT2D eigenvalue weighted by molar-refractivity contribution is 1.17. The number of aromatic nitrogens is 1. The first-order valence-electron chi connectivity index (χ1n) is 17.3. The Labute approximate surface area is 243 Å². The summed E-state index contributed by atoms with van der Waals surface area (Å²) in [6.07, 6.45) is 0.811. The van der Waals surface area contributed by atoms with Crippen molar-refractivity contribution in [1.82, 2.24) is 4.57 Å². The van der Waals surface area contributed by atoms with Crippen LogP contribution in [0.1, 0.15) is 22.1 Å². The Bertz CT molecular complexity index is 2740. The van der Waals surface area contributed by atoms with Crippen LogP contribution in [-0.2, 0) is 6.42 Å². The van der Waals surface area contributed by atoms with Crippen molar-refractivity contribution in [3.8, 4) is 27.9 Å². The second-order valence-electron chi connectivity index (χ2n) is 10.3. The molecule has 0 amide bonds. The predicted molar refractivity (Wildman–Crippen MR) is 169 cm³/mol. The van der Waals surface area contributed by atoms with Crippen LogP contribution in [0.5, 0.6) is 0 Å². The molecule has 1 aromatic heterocycles. The fourth-order valence-electron chi connectivity index (χ4n) is 6.42. The molecule has 1 nitrogen and oxygen atoms in total. The summed E-state index contributed by atoms with van der Waals surface area (Å²) in [6.45, 7) is 0. The van der Waals surface area contributed by atoms with E-state index in [4.69, 9.17) is 9.60 Å². The van der Waals surface area contributed by atoms with Gasteiger partial charge in [0.2, 0.25) is 0 Å². The molecule has 0 aliphatic heterocycles. The van der Waals surface area contributed by atoms with Gasteiger partial charge in [0.25, 0.3) is 0 Å². The zero-order valence-corrected chi connectivity index (χ0v) is 21.3. The molecular weight excluding hydrogens is 482 g/mol. The zero-order valence-electron chi connectivity index (χ0n) is 29.3. The van der Waals surface area contributed by atoms with Crippen LogP contribution in [0, 0.1) is 0 Å². The lowest BCUT2D eigenvalue weighted by atomic mass is 9.97. The molecule has 1 heterocycles. The molecule has 40 heavy (non-hydrogen) atoms. The van der Waals surface area contributed by atoms with E-state index in [2.05, 4.69) is 59.2 Å². The first kappa shape index (κ1) is 15.5. The maximum Gasteiger partial charge on any atom is 0.0645 e. The Morgan fingerprint density at radius 1 is 0.525 bits per heavy atom. The molecule has 8 aromatic rings. The van der Waals surface area contributed by atoms with E-state index in [1.807, 2.05) is 18.2 Å². The van der Waals surface area contributed by atoms with Crippen molar-refractivity contribution >= 4 is 43.4 Å². The van der Waals surface area contributed by atoms with Crippen LogP contribution in [-0.4, -0.2) is 4.57 Å². The van der Waals surface area contributed by atoms with Crippen molar-refractivity contribution in [2.75, 3.05) is 0 Å². The molecule has 1 aliphatic carbocycles. The molecule has 7 aromatic carbocycles. The minimum absolute atomic E-state index is 0.0127. The van der Waals surface area contributed by atoms with Gasteiger partial charge in [0.1, 0.15) is 0 Å². The highest BCUT2D eigenvalue weighted by atomic mass is 15.0. The first-order chi connectivity index (χ1) is 23.2. The van der Waals surface area contributed by atoms with Crippen LogP contribution in [0.4, 0.5) is 0 Å². The predicted octanol–water partition coefficient (Wildman–Crippen LogP) is 10.3. The van der Waals surface area contributed by atoms with Gasteiger partial charge in [-0.05, 0) is 91.7 Å². The molecule has 0 spiro atoms. The lowest BCUT2D eigenvalue weighted by Crippen LogP contribution is -1.94. The largest absolute Gasteiger partial charge is 0.309 e. The third kappa shape index (κ3) is 3.03. The van der Waals surface area contributed by atoms with Crippen LogP contribution < -0.4 is 0 Å². The van der Waals surface area contributed by atoms with Crippen molar-refractivity contribution in [2.45, 2.75) is 6.42 Å². The van der Waals surface area contributed by atoms with E-state index in [0.717, 1.165) is 28.2 Å². The van der Waals surface area contributed by atoms with E-state index in [1.165, 1.54) is 33.0 Å². The van der Waals surface area contributed by atoms with E-state index < -0.39 is 30.2 Å². The first-order valence-corrected chi connectivity index (χ1v) is 13.3. The number of nitrogens with zero attached hydrogens (tertiary/aromatic N) is 1. The number of hydrogen-bond donors (Lipinski definition) is 0. The minimum Gasteiger partial charge on any atom is -0.309 e. The van der Waals surface area contributed by atoms with Crippen LogP contribution in [0.15, 0.2) is 139 Å². The summed E-state index contributed by atoms with van der Waals surface area (Å²) in [6, 6.07) is 27.9. The SMILES string of the molecule is [2H]c1cc(-c2c([2H])c([2H])c([2H])c3c([2H])c([2H])c([2H])c([2H])c23)ccc1-n1c2ccccc2c2cc3c(cc21)Cc1ccc2ccccc2c1-3. The van der Waals surface area contributed by atoms with Crippen LogP contribution in [0.25, 0.3) is 71.3 Å². The fraction of sp³-hybridized carbons (Fsp3) is 0.0256. The van der Waals surface area contributed by atoms with E-state index in [-0.39, 0.29) is 34.5 Å². The molecule has 9 rings (SSSR count). The molecule has 0 saturated carbocycles. The van der Waals surface area contributed by atoms with Gasteiger partial charge >= 0.3 is 0 Å². The van der Waals surface area contributed by atoms with E-state index in [9.17, 15) is 1.37 Å². The standard InChI is InChI=1S/C39H25N/c1-3-11-31-25(8-1)10-7-14-32(31)27-18-20-30(21-19-27)40-37-15-6-5-13-34(37)36-24-35-29(23-38(36)40)22-28-17-16-26-9-2-4-12-33(26)39(28)35/h1-21,23-24H,22H2/i1D,3D,7D,8D,10D,11D,14D,20D. The zero-order chi connectivity index (χ0) is 33.2. The van der Waals surface area contributed by atoms with Crippen molar-refractivity contribution in [3.63, 3.8) is 0 Å². The van der Waals surface area contributed by atoms with Gasteiger partial charge in [0.05, 0.1) is 22.0 Å². The van der Waals surface area contributed by atoms with Crippen LogP contribution >= 0.6 is 0 Å². The highest BCUT2D eigenvalue weighted by Crippen LogP contribution is 2.45. The Morgan fingerprint density at radius 3 is 2.33 bits per heavy atom. The van der Waals surface area contributed by atoms with Crippen molar-refractivity contribution < 1.29 is 11.0 Å². The highest BCUT2D eigenvalue weighted by molar-refractivity contribution is 6.13. The quantitative estimate of drug-likeness (QED) is 0.216. The van der Waals surface area contributed by atoms with Gasteiger partial charge < -0.3 is 4.57 Å². The topological polar surface area (TPSA) is 4.93 Å². The molecule has 0 fully saturated rings. The van der Waals surface area contributed by atoms with Crippen LogP contribution in [0.3, 0.4) is 0 Å². The molecule has 0 unspecified atom stereocenters. The number of benzene rings is 7. The number of para-hydroxylation sites is 1. The van der Waals surface area contributed by atoms with E-state index in [0.29, 0.717) is 11.3 Å². The summed E-state index contributed by atoms with van der Waals surface area (Å²) in [4.78, 5) is 0. The maximum absolute atomic E-state index is 9.27. The minimum atomic E-state index is -0.491. The van der Waals surface area contributed by atoms with Gasteiger partial charge in [-0.15, -0.1) is 0 Å². The molecule has 0 atom stereocenters. The molecule has 0 saturated heterocycles. The average molecular weight is 516 g/mol. The fourth-order valence-corrected chi connectivity index (χ4v) is 6.42. The van der Waals surface area contributed by atoms with Crippen LogP contribution in [0.2, 0.25) is 0 Å². The van der Waals surface area contributed by atoms with Gasteiger partial charge in [-0.2, -0.15) is 0 Å². The molecule has 1 aliphatic rings. The Hall–Kier alpha value is -5.14. The third-order valence-corrected chi connectivity index (χ3v) is 8.20. The number of fused-ring (bicyclic) bond motifs is 9. The average Bonchev–Trinajstić information content (AvgIpc) is 3.62. The normalized spacial score (nSPS) is 15.2. The van der Waals surface area contributed by atoms with Crippen molar-refractivity contribution in [3.05, 3.63) is 150 Å². The highest BCUT2D eigenvalue weighted by Gasteiger charge is 2.24. The molecule has 0 radical (unpaired) electrons. The summed E-state index contributed by atoms with van der Waals surface area (Å²) in [7, 11) is 0. The van der Waals surface area contributed by atoms with Gasteiger partial charge in [-0.25, -0.2) is 0 Å². The van der Waals surface area contributed by atoms with Gasteiger partial charge in [0, 0.05) is 16.5 Å². The van der Waals surface area contributed by atoms with Gasteiger partial charge in [-0.1, -0.05) is 109 Å². The monoisotopic (exact) mass is 515 g/mol. The summed E-state index contributed by atoms with van der Waals surface area (Å²) in [5.41, 5.74) is 8.04. The van der Waals surface area contributed by atoms with E-state index in [1.54, 1.807) is 18.2 Å². The van der Waals surface area contributed by atoms with Crippen molar-refractivity contribution in [1.29, 1.82) is 0 Å². The molecule has 186 valence electrons. The smallest absolute Gasteiger partial charge is 0.0645 e. The summed E-state index contributed by atoms with van der Waals surface area (Å²) in [5.74, 6) is 0. The lowest BCUT2D eigenvalue weighted by Gasteiger charge is -2.11. The van der Waals surface area contributed by atoms with Crippen molar-refractivity contribution in [2.24, 2.45) is 0 Å². The summed E-state index contributed by atoms with van der Waals surface area (Å²) >= 11 is 0. The summed E-state index contributed by atoms with van der Waals surface area (Å²) in [5, 5.41) is 4.50. The van der Waals surface area contributed by atoms with Gasteiger partial charge in [0.15, 0.2) is 0 Å². The Balaban J connectivity index is 1.28. The second-order valence-corrected chi connectivity index (χ2v) is 10.3. The number of rotatable bonds is 2. The Morgan fingerprint density at radius 2 is 1.38 bits per heavy atom. The maximum atomic E-state index is 9.27. The molecule has 0 bridgehead atoms. The molecular formula is C39H25N. The number of hydrogen-bond acceptors (Lipinski definition) is 0. The Kier molecular flexibility index (Phi) is 3.16. The van der Waals surface area contributed by atoms with Gasteiger partial charge in [-0.3, -0.25) is 0 Å². The molecule has 0 N–H and O–H groups in total. The summed E-state index contributed by atoms with van der Waals surface area (Å²) < 4.78 is 70.6.